The van der Waals surface area contributed by atoms with E-state index in [-0.39, 0.29) is 6.10 Å². The molecule has 1 atom stereocenters. The Balaban J connectivity index is 1.84. The van der Waals surface area contributed by atoms with Gasteiger partial charge < -0.3 is 5.11 Å². The summed E-state index contributed by atoms with van der Waals surface area (Å²) in [5, 5.41) is 11.1. The summed E-state index contributed by atoms with van der Waals surface area (Å²) < 4.78 is 0. The molecule has 106 valence electrons. The highest BCUT2D eigenvalue weighted by Gasteiger charge is 2.16. The van der Waals surface area contributed by atoms with Gasteiger partial charge in [0.1, 0.15) is 0 Å². The van der Waals surface area contributed by atoms with Crippen LogP contribution in [0.15, 0.2) is 24.3 Å². The van der Waals surface area contributed by atoms with Crippen LogP contribution in [0.25, 0.3) is 0 Å². The Labute approximate surface area is 121 Å². The zero-order chi connectivity index (χ0) is 13.5. The van der Waals surface area contributed by atoms with Crippen LogP contribution >= 0.6 is 11.8 Å². The van der Waals surface area contributed by atoms with Gasteiger partial charge in [0.15, 0.2) is 0 Å². The molecule has 2 rings (SSSR count). The number of benzene rings is 1. The molecule has 1 saturated carbocycles. The number of rotatable bonds is 6. The average Bonchev–Trinajstić information content (AvgIpc) is 2.46. The largest absolute Gasteiger partial charge is 0.388 e. The van der Waals surface area contributed by atoms with E-state index in [1.54, 1.807) is 0 Å². The van der Waals surface area contributed by atoms with Crippen molar-refractivity contribution in [3.05, 3.63) is 35.4 Å². The van der Waals surface area contributed by atoms with Gasteiger partial charge in [-0.25, -0.2) is 0 Å². The molecule has 0 saturated heterocycles. The number of hydrogen-bond acceptors (Lipinski definition) is 2. The highest BCUT2D eigenvalue weighted by Crippen LogP contribution is 2.31. The van der Waals surface area contributed by atoms with Gasteiger partial charge in [-0.2, -0.15) is 11.8 Å². The molecule has 1 nitrogen and oxygen atoms in total. The van der Waals surface area contributed by atoms with Gasteiger partial charge in [-0.1, -0.05) is 56.9 Å². The van der Waals surface area contributed by atoms with Gasteiger partial charge in [0, 0.05) is 11.0 Å². The van der Waals surface area contributed by atoms with Gasteiger partial charge in [0.2, 0.25) is 0 Å². The van der Waals surface area contributed by atoms with Crippen molar-refractivity contribution >= 4 is 11.8 Å². The second kappa shape index (κ2) is 7.96. The van der Waals surface area contributed by atoms with Gasteiger partial charge in [0.05, 0.1) is 6.10 Å². The molecule has 0 aromatic heterocycles. The monoisotopic (exact) mass is 278 g/mol. The van der Waals surface area contributed by atoms with E-state index < -0.39 is 0 Å². The van der Waals surface area contributed by atoms with Gasteiger partial charge >= 0.3 is 0 Å². The molecule has 1 aliphatic carbocycles. The molecule has 0 aliphatic heterocycles. The number of aryl methyl sites for hydroxylation is 1. The summed E-state index contributed by atoms with van der Waals surface area (Å²) in [6, 6.07) is 8.48. The van der Waals surface area contributed by atoms with E-state index in [2.05, 4.69) is 31.2 Å². The normalized spacial score (nSPS) is 18.4. The van der Waals surface area contributed by atoms with E-state index in [0.717, 1.165) is 29.4 Å². The molecule has 1 N–H and O–H groups in total. The summed E-state index contributed by atoms with van der Waals surface area (Å²) in [6.07, 6.45) is 8.80. The minimum absolute atomic E-state index is 0.302. The van der Waals surface area contributed by atoms with Gasteiger partial charge in [-0.3, -0.25) is 0 Å². The summed E-state index contributed by atoms with van der Waals surface area (Å²) in [6.45, 7) is 2.20. The predicted octanol–water partition coefficient (Wildman–Crippen LogP) is 4.74. The molecule has 0 radical (unpaired) electrons. The van der Waals surface area contributed by atoms with Crippen LogP contribution < -0.4 is 0 Å². The Morgan fingerprint density at radius 3 is 2.79 bits per heavy atom. The lowest BCUT2D eigenvalue weighted by Gasteiger charge is -2.22. The van der Waals surface area contributed by atoms with Crippen LogP contribution in [0.5, 0.6) is 0 Å². The summed E-state index contributed by atoms with van der Waals surface area (Å²) in [5.74, 6) is 0.847. The highest BCUT2D eigenvalue weighted by atomic mass is 32.2. The van der Waals surface area contributed by atoms with Crippen molar-refractivity contribution in [2.75, 3.05) is 5.75 Å². The lowest BCUT2D eigenvalue weighted by atomic mass is 10.0. The van der Waals surface area contributed by atoms with E-state index in [9.17, 15) is 5.11 Å². The molecular formula is C17H26OS. The first-order valence-corrected chi connectivity index (χ1v) is 8.73. The second-order valence-corrected chi connectivity index (χ2v) is 6.94. The summed E-state index contributed by atoms with van der Waals surface area (Å²) in [5.41, 5.74) is 2.44. The smallest absolute Gasteiger partial charge is 0.0880 e. The third kappa shape index (κ3) is 4.85. The second-order valence-electron chi connectivity index (χ2n) is 5.60. The Morgan fingerprint density at radius 1 is 1.26 bits per heavy atom. The van der Waals surface area contributed by atoms with Crippen LogP contribution in [-0.2, 0) is 6.42 Å². The zero-order valence-electron chi connectivity index (χ0n) is 12.0. The summed E-state index contributed by atoms with van der Waals surface area (Å²) in [7, 11) is 0. The predicted molar refractivity (Wildman–Crippen MR) is 84.7 cm³/mol. The molecule has 1 fully saturated rings. The van der Waals surface area contributed by atoms with E-state index in [1.165, 1.54) is 37.7 Å². The Morgan fingerprint density at radius 2 is 2.05 bits per heavy atom. The number of aliphatic hydroxyl groups is 1. The molecule has 1 aromatic carbocycles. The van der Waals surface area contributed by atoms with Crippen molar-refractivity contribution in [2.24, 2.45) is 0 Å². The number of hydrogen-bond donors (Lipinski definition) is 1. The molecule has 0 spiro atoms. The molecule has 0 bridgehead atoms. The third-order valence-corrected chi connectivity index (χ3v) is 5.37. The van der Waals surface area contributed by atoms with Gasteiger partial charge in [0.25, 0.3) is 0 Å². The highest BCUT2D eigenvalue weighted by molar-refractivity contribution is 7.99. The van der Waals surface area contributed by atoms with Crippen LogP contribution in [0.2, 0.25) is 0 Å². The standard InChI is InChI=1S/C17H26OS/c1-2-7-14-8-6-9-15(12-14)17(18)13-19-16-10-4-3-5-11-16/h6,8-9,12,16-18H,2-5,7,10-11,13H2,1H3. The van der Waals surface area contributed by atoms with Crippen LogP contribution in [0.3, 0.4) is 0 Å². The van der Waals surface area contributed by atoms with Crippen LogP contribution in [0, 0.1) is 0 Å². The molecule has 2 heteroatoms. The van der Waals surface area contributed by atoms with Crippen molar-refractivity contribution in [1.82, 2.24) is 0 Å². The molecule has 19 heavy (non-hydrogen) atoms. The zero-order valence-corrected chi connectivity index (χ0v) is 12.8. The summed E-state index contributed by atoms with van der Waals surface area (Å²) >= 11 is 1.97. The molecule has 0 heterocycles. The van der Waals surface area contributed by atoms with Crippen LogP contribution in [0.1, 0.15) is 62.7 Å². The van der Waals surface area contributed by atoms with Gasteiger partial charge in [-0.05, 0) is 30.4 Å². The van der Waals surface area contributed by atoms with Crippen molar-refractivity contribution in [3.63, 3.8) is 0 Å². The minimum Gasteiger partial charge on any atom is -0.388 e. The SMILES string of the molecule is CCCc1cccc(C(O)CSC2CCCCC2)c1. The third-order valence-electron chi connectivity index (χ3n) is 3.92. The molecule has 0 amide bonds. The number of thioether (sulfide) groups is 1. The van der Waals surface area contributed by atoms with Crippen molar-refractivity contribution in [1.29, 1.82) is 0 Å². The minimum atomic E-state index is -0.302. The lowest BCUT2D eigenvalue weighted by Crippen LogP contribution is -2.11. The fourth-order valence-corrected chi connectivity index (χ4v) is 4.11. The fourth-order valence-electron chi connectivity index (χ4n) is 2.80. The first-order valence-electron chi connectivity index (χ1n) is 7.68. The Kier molecular flexibility index (Phi) is 6.25. The maximum atomic E-state index is 10.3. The Bertz CT molecular complexity index is 371. The van der Waals surface area contributed by atoms with Crippen molar-refractivity contribution in [2.45, 2.75) is 63.2 Å². The molecule has 1 aromatic rings. The fraction of sp³-hybridized carbons (Fsp3) is 0.647. The quantitative estimate of drug-likeness (QED) is 0.811. The van der Waals surface area contributed by atoms with Crippen molar-refractivity contribution < 1.29 is 5.11 Å². The van der Waals surface area contributed by atoms with Crippen LogP contribution in [-0.4, -0.2) is 16.1 Å². The van der Waals surface area contributed by atoms with E-state index in [4.69, 9.17) is 0 Å². The maximum absolute atomic E-state index is 10.3. The number of aliphatic hydroxyl groups excluding tert-OH is 1. The lowest BCUT2D eigenvalue weighted by molar-refractivity contribution is 0.203. The van der Waals surface area contributed by atoms with Crippen LogP contribution in [0.4, 0.5) is 0 Å². The Hall–Kier alpha value is -0.470. The maximum Gasteiger partial charge on any atom is 0.0880 e. The molecule has 1 aliphatic rings. The van der Waals surface area contributed by atoms with Crippen molar-refractivity contribution in [3.8, 4) is 0 Å². The summed E-state index contributed by atoms with van der Waals surface area (Å²) in [4.78, 5) is 0. The van der Waals surface area contributed by atoms with E-state index >= 15 is 0 Å². The van der Waals surface area contributed by atoms with E-state index in [0.29, 0.717) is 0 Å². The molecular weight excluding hydrogens is 252 g/mol. The van der Waals surface area contributed by atoms with Gasteiger partial charge in [-0.15, -0.1) is 0 Å². The molecule has 1 unspecified atom stereocenters. The first kappa shape index (κ1) is 14.9. The van der Waals surface area contributed by atoms with E-state index in [1.807, 2.05) is 11.8 Å². The average molecular weight is 278 g/mol. The topological polar surface area (TPSA) is 20.2 Å². The first-order chi connectivity index (χ1) is 9.29.